The predicted molar refractivity (Wildman–Crippen MR) is 80.1 cm³/mol. The summed E-state index contributed by atoms with van der Waals surface area (Å²) >= 11 is 0. The van der Waals surface area contributed by atoms with Crippen molar-refractivity contribution < 1.29 is 9.72 Å². The van der Waals surface area contributed by atoms with E-state index in [9.17, 15) is 14.9 Å². The van der Waals surface area contributed by atoms with E-state index < -0.39 is 4.92 Å². The van der Waals surface area contributed by atoms with E-state index in [1.807, 2.05) is 13.8 Å². The molecule has 0 aliphatic heterocycles. The molecule has 0 spiro atoms. The first-order valence-corrected chi connectivity index (χ1v) is 6.89. The van der Waals surface area contributed by atoms with Crippen LogP contribution in [0.15, 0.2) is 30.5 Å². The highest BCUT2D eigenvalue weighted by Gasteiger charge is 2.30. The summed E-state index contributed by atoms with van der Waals surface area (Å²) in [6, 6.07) is 6.95. The van der Waals surface area contributed by atoms with E-state index in [0.717, 1.165) is 25.5 Å². The number of nitro groups is 1. The topological polar surface area (TPSA) is 60.2 Å². The molecule has 0 saturated carbocycles. The molecule has 0 N–H and O–H groups in total. The molecule has 0 aliphatic rings. The Bertz CT molecular complexity index is 505. The van der Waals surface area contributed by atoms with Gasteiger partial charge in [0, 0.05) is 17.1 Å². The maximum absolute atomic E-state index is 12.5. The van der Waals surface area contributed by atoms with Gasteiger partial charge in [-0.25, -0.2) is 0 Å². The summed E-state index contributed by atoms with van der Waals surface area (Å²) in [5.41, 5.74) is 1.06. The standard InChI is InChI=1S/C16H21NO3/c1-4-11-16(3,5-2)15(18)14-8-6-13(7-9-14)10-12-17(19)20/h6-10,12H,4-5,11H2,1-3H3. The summed E-state index contributed by atoms with van der Waals surface area (Å²) in [7, 11) is 0. The van der Waals surface area contributed by atoms with E-state index in [1.54, 1.807) is 24.3 Å². The molecule has 1 aromatic carbocycles. The fraction of sp³-hybridized carbons (Fsp3) is 0.438. The molecule has 4 nitrogen and oxygen atoms in total. The highest BCUT2D eigenvalue weighted by atomic mass is 16.6. The molecule has 1 aromatic rings. The Hall–Kier alpha value is -1.97. The molecule has 0 fully saturated rings. The fourth-order valence-corrected chi connectivity index (χ4v) is 2.24. The molecule has 108 valence electrons. The lowest BCUT2D eigenvalue weighted by Crippen LogP contribution is -2.27. The zero-order chi connectivity index (χ0) is 15.2. The second-order valence-corrected chi connectivity index (χ2v) is 5.22. The van der Waals surface area contributed by atoms with Gasteiger partial charge in [-0.05, 0) is 18.4 Å². The second kappa shape index (κ2) is 6.98. The van der Waals surface area contributed by atoms with Crippen LogP contribution in [0, 0.1) is 15.5 Å². The van der Waals surface area contributed by atoms with E-state index in [4.69, 9.17) is 0 Å². The summed E-state index contributed by atoms with van der Waals surface area (Å²) in [5.74, 6) is 0.145. The number of hydrogen-bond acceptors (Lipinski definition) is 3. The lowest BCUT2D eigenvalue weighted by molar-refractivity contribution is -0.400. The quantitative estimate of drug-likeness (QED) is 0.422. The summed E-state index contributed by atoms with van der Waals surface area (Å²) < 4.78 is 0. The zero-order valence-corrected chi connectivity index (χ0v) is 12.3. The Morgan fingerprint density at radius 2 is 1.90 bits per heavy atom. The lowest BCUT2D eigenvalue weighted by Gasteiger charge is -2.26. The smallest absolute Gasteiger partial charge is 0.235 e. The van der Waals surface area contributed by atoms with Crippen molar-refractivity contribution in [3.63, 3.8) is 0 Å². The van der Waals surface area contributed by atoms with Crippen molar-refractivity contribution in [2.45, 2.75) is 40.0 Å². The van der Waals surface area contributed by atoms with Crippen LogP contribution in [0.2, 0.25) is 0 Å². The number of ketones is 1. The first kappa shape index (κ1) is 16.1. The molecule has 0 heterocycles. The van der Waals surface area contributed by atoms with E-state index >= 15 is 0 Å². The van der Waals surface area contributed by atoms with Gasteiger partial charge in [0.25, 0.3) is 0 Å². The maximum Gasteiger partial charge on any atom is 0.235 e. The SMILES string of the molecule is CCCC(C)(CC)C(=O)c1ccc(C=C[N+](=O)[O-])cc1. The maximum atomic E-state index is 12.5. The molecule has 0 aromatic heterocycles. The molecule has 4 heteroatoms. The minimum atomic E-state index is -0.505. The van der Waals surface area contributed by atoms with Crippen LogP contribution < -0.4 is 0 Å². The highest BCUT2D eigenvalue weighted by Crippen LogP contribution is 2.31. The van der Waals surface area contributed by atoms with Crippen LogP contribution in [0.5, 0.6) is 0 Å². The molecule has 0 bridgehead atoms. The summed E-state index contributed by atoms with van der Waals surface area (Å²) in [5, 5.41) is 10.3. The summed E-state index contributed by atoms with van der Waals surface area (Å²) in [4.78, 5) is 22.3. The van der Waals surface area contributed by atoms with E-state index in [-0.39, 0.29) is 11.2 Å². The van der Waals surface area contributed by atoms with Gasteiger partial charge >= 0.3 is 0 Å². The second-order valence-electron chi connectivity index (χ2n) is 5.22. The molecule has 20 heavy (non-hydrogen) atoms. The number of benzene rings is 1. The fourth-order valence-electron chi connectivity index (χ4n) is 2.24. The third kappa shape index (κ3) is 4.02. The van der Waals surface area contributed by atoms with Crippen LogP contribution in [0.3, 0.4) is 0 Å². The molecular weight excluding hydrogens is 254 g/mol. The van der Waals surface area contributed by atoms with Crippen molar-refractivity contribution in [1.82, 2.24) is 0 Å². The third-order valence-electron chi connectivity index (χ3n) is 3.69. The lowest BCUT2D eigenvalue weighted by atomic mass is 9.76. The van der Waals surface area contributed by atoms with E-state index in [2.05, 4.69) is 6.92 Å². The largest absolute Gasteiger partial charge is 0.294 e. The van der Waals surface area contributed by atoms with E-state index in [1.165, 1.54) is 6.08 Å². The third-order valence-corrected chi connectivity index (χ3v) is 3.69. The number of carbonyl (C=O) groups is 1. The molecular formula is C16H21NO3. The van der Waals surface area contributed by atoms with Gasteiger partial charge in [-0.1, -0.05) is 51.5 Å². The van der Waals surface area contributed by atoms with Crippen LogP contribution in [0.25, 0.3) is 6.08 Å². The van der Waals surface area contributed by atoms with Crippen molar-refractivity contribution >= 4 is 11.9 Å². The first-order chi connectivity index (χ1) is 9.42. The number of nitrogens with zero attached hydrogens (tertiary/aromatic N) is 1. The van der Waals surface area contributed by atoms with Crippen molar-refractivity contribution in [2.75, 3.05) is 0 Å². The minimum Gasteiger partial charge on any atom is -0.294 e. The van der Waals surface area contributed by atoms with Gasteiger partial charge in [0.15, 0.2) is 5.78 Å². The number of hydrogen-bond donors (Lipinski definition) is 0. The molecule has 0 radical (unpaired) electrons. The number of rotatable bonds is 7. The Morgan fingerprint density at radius 3 is 2.35 bits per heavy atom. The average molecular weight is 275 g/mol. The van der Waals surface area contributed by atoms with Gasteiger partial charge in [-0.2, -0.15) is 0 Å². The van der Waals surface area contributed by atoms with Gasteiger partial charge < -0.3 is 0 Å². The highest BCUT2D eigenvalue weighted by molar-refractivity contribution is 6.00. The Morgan fingerprint density at radius 1 is 1.30 bits per heavy atom. The Kier molecular flexibility index (Phi) is 5.62. The summed E-state index contributed by atoms with van der Waals surface area (Å²) in [6.07, 6.45) is 4.96. The molecule has 1 rings (SSSR count). The van der Waals surface area contributed by atoms with Gasteiger partial charge in [0.2, 0.25) is 6.20 Å². The van der Waals surface area contributed by atoms with Gasteiger partial charge in [0.1, 0.15) is 0 Å². The van der Waals surface area contributed by atoms with Crippen LogP contribution in [0.4, 0.5) is 0 Å². The van der Waals surface area contributed by atoms with Gasteiger partial charge in [-0.3, -0.25) is 14.9 Å². The average Bonchev–Trinajstić information content (AvgIpc) is 2.45. The molecule has 1 atom stereocenters. The van der Waals surface area contributed by atoms with Gasteiger partial charge in [0.05, 0.1) is 4.92 Å². The zero-order valence-electron chi connectivity index (χ0n) is 12.3. The van der Waals surface area contributed by atoms with Crippen LogP contribution in [-0.4, -0.2) is 10.7 Å². The molecule has 0 saturated heterocycles. The predicted octanol–water partition coefficient (Wildman–Crippen LogP) is 4.33. The normalized spacial score (nSPS) is 14.2. The molecule has 1 unspecified atom stereocenters. The number of carbonyl (C=O) groups excluding carboxylic acids is 1. The number of Topliss-reactive ketones (excluding diaryl/α,β-unsaturated/α-hetero) is 1. The Balaban J connectivity index is 2.92. The van der Waals surface area contributed by atoms with E-state index in [0.29, 0.717) is 11.1 Å². The van der Waals surface area contributed by atoms with Crippen LogP contribution in [-0.2, 0) is 0 Å². The van der Waals surface area contributed by atoms with Crippen molar-refractivity contribution in [3.05, 3.63) is 51.7 Å². The monoisotopic (exact) mass is 275 g/mol. The van der Waals surface area contributed by atoms with Crippen molar-refractivity contribution in [1.29, 1.82) is 0 Å². The summed E-state index contributed by atoms with van der Waals surface area (Å²) in [6.45, 7) is 6.10. The van der Waals surface area contributed by atoms with Crippen LogP contribution >= 0.6 is 0 Å². The molecule has 0 aliphatic carbocycles. The van der Waals surface area contributed by atoms with Gasteiger partial charge in [-0.15, -0.1) is 0 Å². The first-order valence-electron chi connectivity index (χ1n) is 6.89. The van der Waals surface area contributed by atoms with Crippen molar-refractivity contribution in [2.24, 2.45) is 5.41 Å². The Labute approximate surface area is 119 Å². The molecule has 0 amide bonds. The minimum absolute atomic E-state index is 0.145. The van der Waals surface area contributed by atoms with Crippen molar-refractivity contribution in [3.8, 4) is 0 Å². The van der Waals surface area contributed by atoms with Crippen LogP contribution in [0.1, 0.15) is 56.0 Å².